The molecule has 0 aromatic heterocycles. The molecule has 6 heteroatoms. The molecule has 0 spiro atoms. The first kappa shape index (κ1) is 18.8. The number of amidine groups is 1. The summed E-state index contributed by atoms with van der Waals surface area (Å²) in [6.45, 7) is 0.817. The van der Waals surface area contributed by atoms with Gasteiger partial charge in [0.2, 0.25) is 0 Å². The molecule has 4 N–H and O–H groups in total. The summed E-state index contributed by atoms with van der Waals surface area (Å²) >= 11 is 0. The van der Waals surface area contributed by atoms with Crippen molar-refractivity contribution in [2.24, 2.45) is 10.8 Å². The molecular weight excluding hydrogens is 304 g/mol. The third kappa shape index (κ3) is 7.69. The Hall–Kier alpha value is -3.22. The van der Waals surface area contributed by atoms with Gasteiger partial charge in [0, 0.05) is 0 Å². The summed E-state index contributed by atoms with van der Waals surface area (Å²) in [6, 6.07) is 8.90. The third-order valence-electron chi connectivity index (χ3n) is 2.82. The van der Waals surface area contributed by atoms with Gasteiger partial charge in [-0.2, -0.15) is 10.4 Å². The number of allylic oxidation sites excluding steroid dienone is 3. The van der Waals surface area contributed by atoms with Crippen LogP contribution in [0.5, 0.6) is 5.75 Å². The summed E-state index contributed by atoms with van der Waals surface area (Å²) < 4.78 is 4.96. The number of terminal acetylenes is 1. The van der Waals surface area contributed by atoms with Crippen molar-refractivity contribution in [1.82, 2.24) is 5.43 Å². The monoisotopic (exact) mass is 324 g/mol. The zero-order valence-electron chi connectivity index (χ0n) is 13.3. The highest BCUT2D eigenvalue weighted by molar-refractivity contribution is 6.01. The molecule has 0 heterocycles. The van der Waals surface area contributed by atoms with Crippen LogP contribution in [0.3, 0.4) is 0 Å². The van der Waals surface area contributed by atoms with E-state index in [0.717, 1.165) is 5.56 Å². The average Bonchev–Trinajstić information content (AvgIpc) is 2.58. The van der Waals surface area contributed by atoms with Crippen LogP contribution in [0.25, 0.3) is 0 Å². The number of nitrogens with one attached hydrogen (secondary N) is 1. The van der Waals surface area contributed by atoms with E-state index in [0.29, 0.717) is 25.1 Å². The molecule has 1 rings (SSSR count). The van der Waals surface area contributed by atoms with Crippen molar-refractivity contribution < 1.29 is 9.84 Å². The number of benzene rings is 1. The molecule has 1 aromatic carbocycles. The van der Waals surface area contributed by atoms with Gasteiger partial charge in [-0.1, -0.05) is 30.2 Å². The SMILES string of the molecule is C#CC(=C\C=C\Cc1cccc(O)c1)/C(N)=N/NCCOCC#N. The van der Waals surface area contributed by atoms with Gasteiger partial charge in [0.1, 0.15) is 12.4 Å². The Kier molecular flexibility index (Phi) is 8.91. The second-order valence-corrected chi connectivity index (χ2v) is 4.64. The topological polar surface area (TPSA) is 104 Å². The number of rotatable bonds is 9. The van der Waals surface area contributed by atoms with Gasteiger partial charge >= 0.3 is 0 Å². The van der Waals surface area contributed by atoms with Crippen LogP contribution in [-0.2, 0) is 11.2 Å². The van der Waals surface area contributed by atoms with Crippen LogP contribution in [0.2, 0.25) is 0 Å². The number of hydrogen-bond donors (Lipinski definition) is 3. The number of hydrogen-bond acceptors (Lipinski definition) is 5. The average molecular weight is 324 g/mol. The summed E-state index contributed by atoms with van der Waals surface area (Å²) in [4.78, 5) is 0. The van der Waals surface area contributed by atoms with Crippen molar-refractivity contribution in [2.45, 2.75) is 6.42 Å². The van der Waals surface area contributed by atoms with E-state index in [-0.39, 0.29) is 18.2 Å². The van der Waals surface area contributed by atoms with Crippen LogP contribution in [0.1, 0.15) is 5.56 Å². The highest BCUT2D eigenvalue weighted by Gasteiger charge is 1.97. The molecule has 0 aliphatic heterocycles. The number of phenolic OH excluding ortho intramolecular Hbond substituents is 1. The van der Waals surface area contributed by atoms with E-state index in [2.05, 4.69) is 16.4 Å². The second kappa shape index (κ2) is 11.4. The van der Waals surface area contributed by atoms with E-state index in [1.54, 1.807) is 30.4 Å². The number of nitriles is 1. The molecule has 124 valence electrons. The second-order valence-electron chi connectivity index (χ2n) is 4.64. The first-order valence-corrected chi connectivity index (χ1v) is 7.29. The van der Waals surface area contributed by atoms with Crippen LogP contribution in [0.4, 0.5) is 0 Å². The standard InChI is InChI=1S/C18H20N4O2/c1-2-16(18(20)22-21-11-13-24-12-10-19)8-4-3-6-15-7-5-9-17(23)14-15/h1,3-5,7-9,14,21,23H,6,11-13H2,(H2,20,22)/b4-3+,16-8+. The zero-order chi connectivity index (χ0) is 17.6. The fraction of sp³-hybridized carbons (Fsp3) is 0.222. The van der Waals surface area contributed by atoms with Gasteiger partial charge in [-0.3, -0.25) is 0 Å². The van der Waals surface area contributed by atoms with Gasteiger partial charge in [-0.25, -0.2) is 0 Å². The largest absolute Gasteiger partial charge is 0.508 e. The Labute approximate surface area is 141 Å². The first-order chi connectivity index (χ1) is 11.7. The van der Waals surface area contributed by atoms with Crippen LogP contribution in [-0.4, -0.2) is 30.7 Å². The zero-order valence-corrected chi connectivity index (χ0v) is 13.3. The Balaban J connectivity index is 2.49. The number of hydrazone groups is 1. The molecule has 1 aromatic rings. The highest BCUT2D eigenvalue weighted by Crippen LogP contribution is 2.11. The number of aromatic hydroxyl groups is 1. The van der Waals surface area contributed by atoms with Gasteiger partial charge in [-0.15, -0.1) is 6.42 Å². The highest BCUT2D eigenvalue weighted by atomic mass is 16.5. The number of ether oxygens (including phenoxy) is 1. The summed E-state index contributed by atoms with van der Waals surface area (Å²) in [6.07, 6.45) is 11.5. The normalized spacial score (nSPS) is 11.9. The van der Waals surface area contributed by atoms with E-state index in [1.807, 2.05) is 18.2 Å². The van der Waals surface area contributed by atoms with E-state index in [9.17, 15) is 5.11 Å². The molecular formula is C18H20N4O2. The van der Waals surface area contributed by atoms with E-state index >= 15 is 0 Å². The maximum atomic E-state index is 9.39. The number of phenols is 1. The van der Waals surface area contributed by atoms with E-state index in [4.69, 9.17) is 22.2 Å². The minimum absolute atomic E-state index is 0.0420. The summed E-state index contributed by atoms with van der Waals surface area (Å²) in [7, 11) is 0. The lowest BCUT2D eigenvalue weighted by atomic mass is 10.1. The lowest BCUT2D eigenvalue weighted by molar-refractivity contribution is 0.168. The fourth-order valence-corrected chi connectivity index (χ4v) is 1.70. The lowest BCUT2D eigenvalue weighted by Gasteiger charge is -2.02. The minimum atomic E-state index is 0.0420. The molecule has 0 unspecified atom stereocenters. The molecule has 24 heavy (non-hydrogen) atoms. The van der Waals surface area contributed by atoms with Crippen molar-refractivity contribution >= 4 is 5.84 Å². The molecule has 0 aliphatic carbocycles. The van der Waals surface area contributed by atoms with Crippen LogP contribution in [0, 0.1) is 23.7 Å². The van der Waals surface area contributed by atoms with Crippen LogP contribution >= 0.6 is 0 Å². The van der Waals surface area contributed by atoms with Crippen molar-refractivity contribution in [2.75, 3.05) is 19.8 Å². The Morgan fingerprint density at radius 2 is 2.33 bits per heavy atom. The Morgan fingerprint density at radius 1 is 1.50 bits per heavy atom. The molecule has 0 aliphatic rings. The summed E-state index contributed by atoms with van der Waals surface area (Å²) in [5.74, 6) is 2.90. The van der Waals surface area contributed by atoms with Crippen molar-refractivity contribution in [3.8, 4) is 24.2 Å². The third-order valence-corrected chi connectivity index (χ3v) is 2.82. The molecule has 0 bridgehead atoms. The van der Waals surface area contributed by atoms with E-state index < -0.39 is 0 Å². The van der Waals surface area contributed by atoms with Crippen LogP contribution < -0.4 is 11.2 Å². The summed E-state index contributed by atoms with van der Waals surface area (Å²) in [5, 5.41) is 21.7. The van der Waals surface area contributed by atoms with E-state index in [1.165, 1.54) is 0 Å². The predicted molar refractivity (Wildman–Crippen MR) is 93.9 cm³/mol. The Morgan fingerprint density at radius 3 is 3.04 bits per heavy atom. The number of nitrogens with two attached hydrogens (primary N) is 1. The number of nitrogens with zero attached hydrogens (tertiary/aromatic N) is 2. The smallest absolute Gasteiger partial charge is 0.159 e. The van der Waals surface area contributed by atoms with Crippen molar-refractivity contribution in [3.05, 3.63) is 53.6 Å². The molecule has 0 saturated carbocycles. The molecule has 0 fully saturated rings. The maximum absolute atomic E-state index is 9.39. The molecule has 0 amide bonds. The molecule has 0 radical (unpaired) electrons. The molecule has 0 atom stereocenters. The van der Waals surface area contributed by atoms with Gasteiger partial charge < -0.3 is 21.0 Å². The lowest BCUT2D eigenvalue weighted by Crippen LogP contribution is -2.22. The van der Waals surface area contributed by atoms with Gasteiger partial charge in [0.05, 0.1) is 24.8 Å². The van der Waals surface area contributed by atoms with Gasteiger partial charge in [-0.05, 0) is 30.2 Å². The summed E-state index contributed by atoms with van der Waals surface area (Å²) in [5.41, 5.74) is 9.96. The van der Waals surface area contributed by atoms with Crippen molar-refractivity contribution in [1.29, 1.82) is 5.26 Å². The maximum Gasteiger partial charge on any atom is 0.159 e. The Bertz CT molecular complexity index is 694. The molecule has 0 saturated heterocycles. The molecule has 6 nitrogen and oxygen atoms in total. The van der Waals surface area contributed by atoms with Gasteiger partial charge in [0.25, 0.3) is 0 Å². The van der Waals surface area contributed by atoms with Crippen molar-refractivity contribution in [3.63, 3.8) is 0 Å². The van der Waals surface area contributed by atoms with Crippen LogP contribution in [0.15, 0.2) is 53.2 Å². The fourth-order valence-electron chi connectivity index (χ4n) is 1.70. The predicted octanol–water partition coefficient (Wildman–Crippen LogP) is 1.45. The van der Waals surface area contributed by atoms with Gasteiger partial charge in [0.15, 0.2) is 5.84 Å². The quantitative estimate of drug-likeness (QED) is 0.159. The minimum Gasteiger partial charge on any atom is -0.508 e. The first-order valence-electron chi connectivity index (χ1n) is 7.29.